The van der Waals surface area contributed by atoms with Crippen molar-refractivity contribution in [1.29, 1.82) is 0 Å². The molecule has 0 aromatic carbocycles. The summed E-state index contributed by atoms with van der Waals surface area (Å²) in [7, 11) is 3.65. The second-order valence-electron chi connectivity index (χ2n) is 4.68. The summed E-state index contributed by atoms with van der Waals surface area (Å²) in [5.41, 5.74) is 2.15. The first-order valence-corrected chi connectivity index (χ1v) is 6.43. The molecule has 1 heterocycles. The molecule has 5 nitrogen and oxygen atoms in total. The standard InChI is InChI=1S/C12H22N4O/c1-13-8-11-12(9-17-2)16(15-14-11)10-6-4-3-5-7-10/h10,13H,3-9H2,1-2H3. The Kier molecular flexibility index (Phi) is 4.50. The van der Waals surface area contributed by atoms with E-state index in [4.69, 9.17) is 4.74 Å². The van der Waals surface area contributed by atoms with Gasteiger partial charge in [0.1, 0.15) is 5.69 Å². The second kappa shape index (κ2) is 6.12. The third kappa shape index (κ3) is 2.84. The smallest absolute Gasteiger partial charge is 0.102 e. The highest BCUT2D eigenvalue weighted by Crippen LogP contribution is 2.29. The molecule has 0 aliphatic heterocycles. The summed E-state index contributed by atoms with van der Waals surface area (Å²) in [6, 6.07) is 0.520. The van der Waals surface area contributed by atoms with Gasteiger partial charge in [0.25, 0.3) is 0 Å². The Bertz CT molecular complexity index is 344. The topological polar surface area (TPSA) is 52.0 Å². The van der Waals surface area contributed by atoms with Crippen molar-refractivity contribution in [3.63, 3.8) is 0 Å². The van der Waals surface area contributed by atoms with Crippen molar-refractivity contribution in [3.8, 4) is 0 Å². The Balaban J connectivity index is 2.19. The molecule has 0 amide bonds. The van der Waals surface area contributed by atoms with Gasteiger partial charge in [-0.25, -0.2) is 4.68 Å². The van der Waals surface area contributed by atoms with Crippen molar-refractivity contribution in [3.05, 3.63) is 11.4 Å². The van der Waals surface area contributed by atoms with Crippen LogP contribution in [0.3, 0.4) is 0 Å². The van der Waals surface area contributed by atoms with Gasteiger partial charge in [-0.05, 0) is 19.9 Å². The maximum atomic E-state index is 5.28. The zero-order valence-electron chi connectivity index (χ0n) is 10.8. The molecule has 1 fully saturated rings. The minimum Gasteiger partial charge on any atom is -0.378 e. The number of hydrogen-bond acceptors (Lipinski definition) is 4. The first-order valence-electron chi connectivity index (χ1n) is 6.43. The number of rotatable bonds is 5. The highest BCUT2D eigenvalue weighted by molar-refractivity contribution is 5.10. The zero-order chi connectivity index (χ0) is 12.1. The molecule has 1 saturated carbocycles. The number of hydrogen-bond donors (Lipinski definition) is 1. The van der Waals surface area contributed by atoms with Gasteiger partial charge in [-0.15, -0.1) is 5.10 Å². The Labute approximate surface area is 103 Å². The quantitative estimate of drug-likeness (QED) is 0.847. The van der Waals surface area contributed by atoms with E-state index in [0.29, 0.717) is 12.6 Å². The Morgan fingerprint density at radius 1 is 1.35 bits per heavy atom. The summed E-state index contributed by atoms with van der Waals surface area (Å²) < 4.78 is 7.37. The first-order chi connectivity index (χ1) is 8.36. The lowest BCUT2D eigenvalue weighted by molar-refractivity contribution is 0.170. The zero-order valence-corrected chi connectivity index (χ0v) is 10.8. The van der Waals surface area contributed by atoms with Gasteiger partial charge in [0.15, 0.2) is 0 Å². The van der Waals surface area contributed by atoms with E-state index >= 15 is 0 Å². The average molecular weight is 238 g/mol. The Morgan fingerprint density at radius 3 is 2.76 bits per heavy atom. The molecule has 0 spiro atoms. The Morgan fingerprint density at radius 2 is 2.12 bits per heavy atom. The van der Waals surface area contributed by atoms with Crippen molar-refractivity contribution in [2.24, 2.45) is 0 Å². The van der Waals surface area contributed by atoms with Gasteiger partial charge < -0.3 is 10.1 Å². The van der Waals surface area contributed by atoms with Crippen LogP contribution < -0.4 is 5.32 Å². The highest BCUT2D eigenvalue weighted by Gasteiger charge is 2.21. The lowest BCUT2D eigenvalue weighted by Crippen LogP contribution is -2.18. The normalized spacial score (nSPS) is 17.5. The summed E-state index contributed by atoms with van der Waals surface area (Å²) >= 11 is 0. The molecule has 1 aliphatic rings. The number of methoxy groups -OCH3 is 1. The van der Waals surface area contributed by atoms with Gasteiger partial charge in [0.2, 0.25) is 0 Å². The molecule has 1 aromatic heterocycles. The molecule has 0 saturated heterocycles. The number of nitrogens with one attached hydrogen (secondary N) is 1. The molecule has 0 radical (unpaired) electrons. The predicted octanol–water partition coefficient (Wildman–Crippen LogP) is 1.65. The summed E-state index contributed by atoms with van der Waals surface area (Å²) in [5.74, 6) is 0. The molecule has 1 N–H and O–H groups in total. The third-order valence-corrected chi connectivity index (χ3v) is 3.42. The van der Waals surface area contributed by atoms with E-state index < -0.39 is 0 Å². The SMILES string of the molecule is CNCc1nnn(C2CCCCC2)c1COC. The molecular weight excluding hydrogens is 216 g/mol. The van der Waals surface area contributed by atoms with Crippen molar-refractivity contribution < 1.29 is 4.74 Å². The fourth-order valence-corrected chi connectivity index (χ4v) is 2.56. The van der Waals surface area contributed by atoms with Crippen LogP contribution in [0.5, 0.6) is 0 Å². The molecule has 2 rings (SSSR count). The fourth-order valence-electron chi connectivity index (χ4n) is 2.56. The van der Waals surface area contributed by atoms with E-state index in [0.717, 1.165) is 17.9 Å². The molecule has 17 heavy (non-hydrogen) atoms. The van der Waals surface area contributed by atoms with Gasteiger partial charge >= 0.3 is 0 Å². The molecular formula is C12H22N4O. The van der Waals surface area contributed by atoms with Crippen LogP contribution >= 0.6 is 0 Å². The van der Waals surface area contributed by atoms with Gasteiger partial charge in [-0.2, -0.15) is 0 Å². The average Bonchev–Trinajstić information content (AvgIpc) is 2.75. The maximum absolute atomic E-state index is 5.28. The van der Waals surface area contributed by atoms with Gasteiger partial charge in [0, 0.05) is 13.7 Å². The van der Waals surface area contributed by atoms with Gasteiger partial charge in [0.05, 0.1) is 18.3 Å². The van der Waals surface area contributed by atoms with Crippen molar-refractivity contribution in [2.75, 3.05) is 14.2 Å². The second-order valence-corrected chi connectivity index (χ2v) is 4.68. The van der Waals surface area contributed by atoms with E-state index in [1.54, 1.807) is 7.11 Å². The van der Waals surface area contributed by atoms with Crippen LogP contribution in [0.4, 0.5) is 0 Å². The highest BCUT2D eigenvalue weighted by atomic mass is 16.5. The van der Waals surface area contributed by atoms with Crippen LogP contribution in [0, 0.1) is 0 Å². The summed E-state index contributed by atoms with van der Waals surface area (Å²) in [5, 5.41) is 11.7. The lowest BCUT2D eigenvalue weighted by Gasteiger charge is -2.23. The summed E-state index contributed by atoms with van der Waals surface area (Å²) in [4.78, 5) is 0. The van der Waals surface area contributed by atoms with E-state index in [1.807, 2.05) is 7.05 Å². The van der Waals surface area contributed by atoms with Crippen LogP contribution in [0.2, 0.25) is 0 Å². The third-order valence-electron chi connectivity index (χ3n) is 3.42. The van der Waals surface area contributed by atoms with Crippen LogP contribution in [-0.4, -0.2) is 29.2 Å². The summed E-state index contributed by atoms with van der Waals surface area (Å²) in [6.45, 7) is 1.35. The number of aromatic nitrogens is 3. The summed E-state index contributed by atoms with van der Waals surface area (Å²) in [6.07, 6.45) is 6.41. The molecule has 0 unspecified atom stereocenters. The number of ether oxygens (including phenoxy) is 1. The van der Waals surface area contributed by atoms with Crippen molar-refractivity contribution in [1.82, 2.24) is 20.3 Å². The minimum absolute atomic E-state index is 0.520. The van der Waals surface area contributed by atoms with E-state index in [-0.39, 0.29) is 0 Å². The van der Waals surface area contributed by atoms with Crippen molar-refractivity contribution in [2.45, 2.75) is 51.3 Å². The monoisotopic (exact) mass is 238 g/mol. The first kappa shape index (κ1) is 12.5. The Hall–Kier alpha value is -0.940. The van der Waals surface area contributed by atoms with Crippen LogP contribution in [0.15, 0.2) is 0 Å². The van der Waals surface area contributed by atoms with E-state index in [9.17, 15) is 0 Å². The molecule has 0 bridgehead atoms. The largest absolute Gasteiger partial charge is 0.378 e. The lowest BCUT2D eigenvalue weighted by atomic mass is 9.95. The number of nitrogens with zero attached hydrogens (tertiary/aromatic N) is 3. The molecule has 96 valence electrons. The van der Waals surface area contributed by atoms with E-state index in [1.165, 1.54) is 32.1 Å². The molecule has 1 aliphatic carbocycles. The van der Waals surface area contributed by atoms with Gasteiger partial charge in [-0.3, -0.25) is 0 Å². The van der Waals surface area contributed by atoms with Gasteiger partial charge in [-0.1, -0.05) is 24.5 Å². The maximum Gasteiger partial charge on any atom is 0.102 e. The minimum atomic E-state index is 0.520. The molecule has 5 heteroatoms. The van der Waals surface area contributed by atoms with Crippen LogP contribution in [0.25, 0.3) is 0 Å². The fraction of sp³-hybridized carbons (Fsp3) is 0.833. The predicted molar refractivity (Wildman–Crippen MR) is 65.6 cm³/mol. The van der Waals surface area contributed by atoms with Crippen LogP contribution in [-0.2, 0) is 17.9 Å². The molecule has 0 atom stereocenters. The van der Waals surface area contributed by atoms with E-state index in [2.05, 4.69) is 20.3 Å². The molecule has 1 aromatic rings. The van der Waals surface area contributed by atoms with Crippen molar-refractivity contribution >= 4 is 0 Å². The van der Waals surface area contributed by atoms with Crippen LogP contribution in [0.1, 0.15) is 49.5 Å².